The van der Waals surface area contributed by atoms with Gasteiger partial charge in [-0.2, -0.15) is 9.97 Å². The van der Waals surface area contributed by atoms with E-state index >= 15 is 0 Å². The molecule has 1 aromatic carbocycles. The Hall–Kier alpha value is -2.71. The number of anilines is 1. The van der Waals surface area contributed by atoms with Gasteiger partial charge < -0.3 is 15.2 Å². The van der Waals surface area contributed by atoms with Crippen LogP contribution in [0.1, 0.15) is 33.3 Å². The summed E-state index contributed by atoms with van der Waals surface area (Å²) in [7, 11) is 0. The van der Waals surface area contributed by atoms with E-state index < -0.39 is 17.6 Å². The van der Waals surface area contributed by atoms with Crippen LogP contribution in [-0.2, 0) is 16.1 Å². The van der Waals surface area contributed by atoms with Gasteiger partial charge in [0.05, 0.1) is 6.61 Å². The van der Waals surface area contributed by atoms with E-state index in [-0.39, 0.29) is 11.9 Å². The zero-order valence-corrected chi connectivity index (χ0v) is 16.9. The Morgan fingerprint density at radius 3 is 2.57 bits per heavy atom. The number of aliphatic hydroxyl groups is 1. The standard InChI is InChI=1S/C19H22ClN5O3/c1-11(17(27)28-19(2,3)4)22-15-14-16(24-18(20)23-15)25(10-21-14)13-7-5-12(9-26)6-8-13/h5-8,10-11,26H,9H2,1-4H3,(H,22,23,24)/t11-/m0/s1. The molecule has 0 bridgehead atoms. The van der Waals surface area contributed by atoms with Gasteiger partial charge in [0.2, 0.25) is 5.28 Å². The number of imidazole rings is 1. The number of aliphatic hydroxyl groups excluding tert-OH is 1. The Morgan fingerprint density at radius 2 is 1.96 bits per heavy atom. The first-order chi connectivity index (χ1) is 13.2. The second kappa shape index (κ2) is 7.73. The van der Waals surface area contributed by atoms with Crippen molar-refractivity contribution in [1.29, 1.82) is 0 Å². The number of carbonyl (C=O) groups is 1. The number of fused-ring (bicyclic) bond motifs is 1. The van der Waals surface area contributed by atoms with Gasteiger partial charge >= 0.3 is 5.97 Å². The van der Waals surface area contributed by atoms with Gasteiger partial charge in [-0.3, -0.25) is 4.57 Å². The zero-order chi connectivity index (χ0) is 20.5. The molecule has 0 spiro atoms. The maximum Gasteiger partial charge on any atom is 0.328 e. The molecule has 0 fully saturated rings. The molecule has 3 rings (SSSR count). The molecule has 3 aromatic rings. The Morgan fingerprint density at radius 1 is 1.29 bits per heavy atom. The highest BCUT2D eigenvalue weighted by Crippen LogP contribution is 2.24. The van der Waals surface area contributed by atoms with Crippen LogP contribution in [-0.4, -0.2) is 42.2 Å². The highest BCUT2D eigenvalue weighted by atomic mass is 35.5. The molecular formula is C19H22ClN5O3. The van der Waals surface area contributed by atoms with Gasteiger partial charge in [0.15, 0.2) is 17.0 Å². The third kappa shape index (κ3) is 4.40. The normalized spacial score (nSPS) is 12.8. The number of ether oxygens (including phenoxy) is 1. The molecule has 1 atom stereocenters. The van der Waals surface area contributed by atoms with E-state index in [0.717, 1.165) is 11.3 Å². The van der Waals surface area contributed by atoms with Crippen LogP contribution >= 0.6 is 11.6 Å². The van der Waals surface area contributed by atoms with Gasteiger partial charge in [-0.05, 0) is 57.0 Å². The third-order valence-corrected chi connectivity index (χ3v) is 4.05. The van der Waals surface area contributed by atoms with Crippen LogP contribution in [0.25, 0.3) is 16.9 Å². The van der Waals surface area contributed by atoms with Crippen molar-refractivity contribution < 1.29 is 14.6 Å². The van der Waals surface area contributed by atoms with Crippen molar-refractivity contribution in [2.45, 2.75) is 45.9 Å². The van der Waals surface area contributed by atoms with Gasteiger partial charge in [0.25, 0.3) is 0 Å². The zero-order valence-electron chi connectivity index (χ0n) is 16.1. The van der Waals surface area contributed by atoms with Crippen LogP contribution in [0.2, 0.25) is 5.28 Å². The van der Waals surface area contributed by atoms with Gasteiger partial charge in [-0.25, -0.2) is 9.78 Å². The summed E-state index contributed by atoms with van der Waals surface area (Å²) in [6.45, 7) is 7.07. The number of nitrogens with zero attached hydrogens (tertiary/aromatic N) is 4. The number of esters is 1. The largest absolute Gasteiger partial charge is 0.458 e. The SMILES string of the molecule is C[C@H](Nc1nc(Cl)nc2c1ncn2-c1ccc(CO)cc1)C(=O)OC(C)(C)C. The first-order valence-corrected chi connectivity index (χ1v) is 9.16. The molecule has 0 unspecified atom stereocenters. The number of nitrogens with one attached hydrogen (secondary N) is 1. The number of halogens is 1. The maximum atomic E-state index is 12.3. The fraction of sp³-hybridized carbons (Fsp3) is 0.368. The Labute approximate surface area is 167 Å². The van der Waals surface area contributed by atoms with Gasteiger partial charge in [0, 0.05) is 5.69 Å². The minimum absolute atomic E-state index is 0.0279. The van der Waals surface area contributed by atoms with E-state index in [9.17, 15) is 9.90 Å². The lowest BCUT2D eigenvalue weighted by atomic mass is 10.2. The lowest BCUT2D eigenvalue weighted by molar-refractivity contribution is -0.155. The van der Waals surface area contributed by atoms with Crippen molar-refractivity contribution in [2.24, 2.45) is 0 Å². The predicted molar refractivity (Wildman–Crippen MR) is 107 cm³/mol. The second-order valence-electron chi connectivity index (χ2n) is 7.35. The molecule has 0 amide bonds. The van der Waals surface area contributed by atoms with Crippen LogP contribution in [0, 0.1) is 0 Å². The fourth-order valence-corrected chi connectivity index (χ4v) is 2.74. The molecule has 0 radical (unpaired) electrons. The number of hydrogen-bond acceptors (Lipinski definition) is 7. The van der Waals surface area contributed by atoms with Gasteiger partial charge in [-0.15, -0.1) is 0 Å². The van der Waals surface area contributed by atoms with Gasteiger partial charge in [0.1, 0.15) is 18.0 Å². The quantitative estimate of drug-likeness (QED) is 0.498. The first kappa shape index (κ1) is 20.0. The molecule has 2 heterocycles. The second-order valence-corrected chi connectivity index (χ2v) is 7.69. The van der Waals surface area contributed by atoms with Crippen molar-refractivity contribution >= 4 is 34.6 Å². The van der Waals surface area contributed by atoms with Crippen LogP contribution < -0.4 is 5.32 Å². The minimum atomic E-state index is -0.651. The van der Waals surface area contributed by atoms with E-state index in [1.54, 1.807) is 38.6 Å². The number of benzene rings is 1. The van der Waals surface area contributed by atoms with Crippen molar-refractivity contribution in [3.63, 3.8) is 0 Å². The van der Waals surface area contributed by atoms with E-state index in [0.29, 0.717) is 17.0 Å². The highest BCUT2D eigenvalue weighted by molar-refractivity contribution is 6.28. The molecule has 0 aliphatic carbocycles. The summed E-state index contributed by atoms with van der Waals surface area (Å²) in [5.74, 6) is -0.0616. The molecule has 0 aliphatic rings. The Balaban J connectivity index is 1.94. The maximum absolute atomic E-state index is 12.3. The lowest BCUT2D eigenvalue weighted by Gasteiger charge is -2.23. The van der Waals surface area contributed by atoms with Crippen LogP contribution in [0.5, 0.6) is 0 Å². The molecule has 148 valence electrons. The summed E-state index contributed by atoms with van der Waals surface area (Å²) in [6.07, 6.45) is 1.60. The van der Waals surface area contributed by atoms with E-state index in [1.807, 2.05) is 24.3 Å². The predicted octanol–water partition coefficient (Wildman–Crippen LogP) is 3.10. The molecular weight excluding hydrogens is 382 g/mol. The van der Waals surface area contributed by atoms with E-state index in [2.05, 4.69) is 20.3 Å². The summed E-state index contributed by atoms with van der Waals surface area (Å²) in [5.41, 5.74) is 1.99. The van der Waals surface area contributed by atoms with E-state index in [4.69, 9.17) is 16.3 Å². The molecule has 9 heteroatoms. The monoisotopic (exact) mass is 403 g/mol. The summed E-state index contributed by atoms with van der Waals surface area (Å²) in [5, 5.41) is 12.2. The summed E-state index contributed by atoms with van der Waals surface area (Å²) in [6, 6.07) is 6.67. The number of aromatic nitrogens is 4. The lowest BCUT2D eigenvalue weighted by Crippen LogP contribution is -2.34. The molecule has 0 saturated heterocycles. The fourth-order valence-electron chi connectivity index (χ4n) is 2.58. The summed E-state index contributed by atoms with van der Waals surface area (Å²) in [4.78, 5) is 25.1. The average Bonchev–Trinajstić information content (AvgIpc) is 3.04. The third-order valence-electron chi connectivity index (χ3n) is 3.88. The van der Waals surface area contributed by atoms with Crippen molar-refractivity contribution in [3.8, 4) is 5.69 Å². The van der Waals surface area contributed by atoms with Crippen molar-refractivity contribution in [2.75, 3.05) is 5.32 Å². The summed E-state index contributed by atoms with van der Waals surface area (Å²) < 4.78 is 7.14. The van der Waals surface area contributed by atoms with E-state index in [1.165, 1.54) is 0 Å². The Kier molecular flexibility index (Phi) is 5.53. The smallest absolute Gasteiger partial charge is 0.328 e. The molecule has 28 heavy (non-hydrogen) atoms. The molecule has 0 aliphatic heterocycles. The van der Waals surface area contributed by atoms with Crippen LogP contribution in [0.3, 0.4) is 0 Å². The number of hydrogen-bond donors (Lipinski definition) is 2. The molecule has 2 aromatic heterocycles. The number of carbonyl (C=O) groups excluding carboxylic acids is 1. The van der Waals surface area contributed by atoms with Crippen LogP contribution in [0.4, 0.5) is 5.82 Å². The Bertz CT molecular complexity index is 995. The minimum Gasteiger partial charge on any atom is -0.458 e. The van der Waals surface area contributed by atoms with Crippen molar-refractivity contribution in [3.05, 3.63) is 41.4 Å². The molecule has 2 N–H and O–H groups in total. The molecule has 0 saturated carbocycles. The van der Waals surface area contributed by atoms with Gasteiger partial charge in [-0.1, -0.05) is 12.1 Å². The summed E-state index contributed by atoms with van der Waals surface area (Å²) >= 11 is 6.10. The topological polar surface area (TPSA) is 102 Å². The first-order valence-electron chi connectivity index (χ1n) is 8.78. The van der Waals surface area contributed by atoms with Crippen LogP contribution in [0.15, 0.2) is 30.6 Å². The number of rotatable bonds is 5. The molecule has 8 nitrogen and oxygen atoms in total. The van der Waals surface area contributed by atoms with Crippen molar-refractivity contribution in [1.82, 2.24) is 19.5 Å². The average molecular weight is 404 g/mol. The highest BCUT2D eigenvalue weighted by Gasteiger charge is 2.23.